The van der Waals surface area contributed by atoms with Crippen LogP contribution < -0.4 is 0 Å². The number of hydrogen-bond donors (Lipinski definition) is 0. The van der Waals surface area contributed by atoms with Gasteiger partial charge in [0.25, 0.3) is 0 Å². The lowest BCUT2D eigenvalue weighted by molar-refractivity contribution is -0.211. The average molecular weight is 1040 g/mol. The minimum absolute atomic E-state index is 0.0138. The van der Waals surface area contributed by atoms with E-state index in [4.69, 9.17) is 0 Å². The van der Waals surface area contributed by atoms with Crippen LogP contribution in [0.3, 0.4) is 0 Å². The molecule has 6 aromatic rings. The Kier molecular flexibility index (Phi) is 26.5. The molecule has 0 amide bonds. The summed E-state index contributed by atoms with van der Waals surface area (Å²) in [5, 5.41) is 0. The van der Waals surface area contributed by atoms with Crippen LogP contribution in [0.2, 0.25) is 0 Å². The Bertz CT molecular complexity index is 2680. The van der Waals surface area contributed by atoms with E-state index in [-0.39, 0.29) is 17.3 Å². The molecular weight excluding hydrogens is 934 g/mol. The van der Waals surface area contributed by atoms with Gasteiger partial charge in [-0.3, -0.25) is 0 Å². The SMILES string of the molecule is Cc1cc(C(C)(C)C)cc(C)c1C.Cc1cc(C(C)C)cc(C)c1C.Cc1cc(C)c(C)c(C)c1.Cc1cc(CC(C)C)cc(C)c1C.Cc1ccc(CC(C)(C)C(F)(F)F)cc1C(C)(C)C.Cc1cccc(C)c1C. The molecule has 0 aliphatic carbocycles. The van der Waals surface area contributed by atoms with Crippen molar-refractivity contribution in [2.75, 3.05) is 0 Å². The number of alkyl halides is 3. The summed E-state index contributed by atoms with van der Waals surface area (Å²) in [5.74, 6) is 1.39. The lowest BCUT2D eigenvalue weighted by Gasteiger charge is -2.29. The third kappa shape index (κ3) is 22.2. The van der Waals surface area contributed by atoms with Gasteiger partial charge in [0.05, 0.1) is 5.41 Å². The van der Waals surface area contributed by atoms with Gasteiger partial charge in [-0.2, -0.15) is 13.2 Å². The lowest BCUT2D eigenvalue weighted by atomic mass is 9.80. The van der Waals surface area contributed by atoms with Gasteiger partial charge < -0.3 is 0 Å². The van der Waals surface area contributed by atoms with Crippen molar-refractivity contribution in [3.8, 4) is 0 Å². The molecule has 0 atom stereocenters. The summed E-state index contributed by atoms with van der Waals surface area (Å²) in [6.45, 7) is 61.4. The van der Waals surface area contributed by atoms with Gasteiger partial charge in [-0.05, 0) is 270 Å². The van der Waals surface area contributed by atoms with Gasteiger partial charge in [0, 0.05) is 0 Å². The number of halogens is 3. The van der Waals surface area contributed by atoms with E-state index in [1.165, 1.54) is 126 Å². The van der Waals surface area contributed by atoms with Crippen LogP contribution >= 0.6 is 0 Å². The second-order valence-electron chi connectivity index (χ2n) is 25.9. The molecule has 0 aliphatic heterocycles. The van der Waals surface area contributed by atoms with Crippen LogP contribution in [-0.2, 0) is 23.7 Å². The Morgan fingerprint density at radius 2 is 0.724 bits per heavy atom. The Morgan fingerprint density at radius 3 is 1.05 bits per heavy atom. The zero-order valence-electron chi connectivity index (χ0n) is 53.8. The minimum atomic E-state index is -4.18. The first-order chi connectivity index (χ1) is 34.5. The maximum atomic E-state index is 12.9. The Morgan fingerprint density at radius 1 is 0.368 bits per heavy atom. The Labute approximate surface area is 466 Å². The molecule has 0 nitrogen and oxygen atoms in total. The average Bonchev–Trinajstić information content (AvgIpc) is 3.27. The standard InChI is InChI=1S/C16H23F3.2C13H20.C12H18.C10H14.C9H12/c1-11-7-8-12(9-13(11)14(2,3)4)10-15(5,6)16(17,18)19;1-9-7-12(13(4,5)6)8-10(2)11(9)3;1-9(2)6-13-7-10(3)12(5)11(4)8-13;1-8(2)12-6-9(3)11(5)10(4)7-12;1-7-5-8(2)10(4)9(3)6-7;1-7-5-4-6-8(2)9(7)3/h7-9H,10H2,1-6H3;7-8H,1-6H3;7-9H,6H2,1-5H3;6-8H,1-5H3;5-6H,1-4H3;4-6H,1-3H3. The largest absolute Gasteiger partial charge is 0.394 e. The maximum Gasteiger partial charge on any atom is 0.394 e. The van der Waals surface area contributed by atoms with Gasteiger partial charge in [0.1, 0.15) is 0 Å². The number of benzene rings is 6. The van der Waals surface area contributed by atoms with Crippen molar-refractivity contribution in [2.24, 2.45) is 11.3 Å². The lowest BCUT2D eigenvalue weighted by Crippen LogP contribution is -2.34. The molecular formula is C73H107F3. The zero-order chi connectivity index (χ0) is 59.2. The van der Waals surface area contributed by atoms with E-state index in [9.17, 15) is 13.2 Å². The van der Waals surface area contributed by atoms with Crippen LogP contribution in [0.25, 0.3) is 0 Å². The quantitative estimate of drug-likeness (QED) is 0.161. The van der Waals surface area contributed by atoms with Crippen LogP contribution in [-0.4, -0.2) is 6.18 Å². The highest BCUT2D eigenvalue weighted by Gasteiger charge is 2.47. The molecule has 3 heteroatoms. The number of rotatable bonds is 5. The molecule has 6 aromatic carbocycles. The fourth-order valence-electron chi connectivity index (χ4n) is 8.93. The summed E-state index contributed by atoms with van der Waals surface area (Å²) in [7, 11) is 0. The zero-order valence-corrected chi connectivity index (χ0v) is 53.8. The van der Waals surface area contributed by atoms with Crippen molar-refractivity contribution in [2.45, 2.75) is 237 Å². The van der Waals surface area contributed by atoms with Gasteiger partial charge in [-0.25, -0.2) is 0 Å². The molecule has 0 unspecified atom stereocenters. The molecule has 420 valence electrons. The maximum absolute atomic E-state index is 12.9. The van der Waals surface area contributed by atoms with Crippen molar-refractivity contribution >= 4 is 0 Å². The topological polar surface area (TPSA) is 0 Å². The van der Waals surface area contributed by atoms with Crippen molar-refractivity contribution in [1.29, 1.82) is 0 Å². The molecule has 0 fully saturated rings. The highest BCUT2D eigenvalue weighted by Crippen LogP contribution is 2.41. The molecule has 0 N–H and O–H groups in total. The van der Waals surface area contributed by atoms with Crippen LogP contribution in [0, 0.1) is 129 Å². The first kappa shape index (κ1) is 69.1. The summed E-state index contributed by atoms with van der Waals surface area (Å²) in [6, 6.07) is 30.3. The molecule has 0 aromatic heterocycles. The number of hydrogen-bond acceptors (Lipinski definition) is 0. The molecule has 76 heavy (non-hydrogen) atoms. The van der Waals surface area contributed by atoms with Crippen molar-refractivity contribution in [3.05, 3.63) is 207 Å². The molecule has 0 spiro atoms. The monoisotopic (exact) mass is 1040 g/mol. The normalized spacial score (nSPS) is 11.5. The summed E-state index contributed by atoms with van der Waals surface area (Å²) in [5.41, 5.74) is 28.4. The molecule has 0 saturated carbocycles. The minimum Gasteiger partial charge on any atom is -0.171 e. The summed E-state index contributed by atoms with van der Waals surface area (Å²) >= 11 is 0. The van der Waals surface area contributed by atoms with E-state index in [0.29, 0.717) is 5.92 Å². The highest BCUT2D eigenvalue weighted by atomic mass is 19.4. The first-order valence-electron chi connectivity index (χ1n) is 28.0. The number of aryl methyl sites for hydroxylation is 12. The molecule has 0 heterocycles. The fraction of sp³-hybridized carbons (Fsp3) is 0.507. The molecule has 0 radical (unpaired) electrons. The van der Waals surface area contributed by atoms with E-state index in [2.05, 4.69) is 247 Å². The van der Waals surface area contributed by atoms with Gasteiger partial charge in [0.15, 0.2) is 0 Å². The fourth-order valence-corrected chi connectivity index (χ4v) is 8.93. The second-order valence-corrected chi connectivity index (χ2v) is 25.9. The van der Waals surface area contributed by atoms with Gasteiger partial charge in [-0.15, -0.1) is 0 Å². The molecule has 6 rings (SSSR count). The van der Waals surface area contributed by atoms with E-state index in [0.717, 1.165) is 22.6 Å². The van der Waals surface area contributed by atoms with E-state index in [1.54, 1.807) is 6.07 Å². The summed E-state index contributed by atoms with van der Waals surface area (Å²) in [6.07, 6.45) is -2.97. The Balaban J connectivity index is 0.000000463. The van der Waals surface area contributed by atoms with Crippen LogP contribution in [0.4, 0.5) is 13.2 Å². The third-order valence-corrected chi connectivity index (χ3v) is 15.5. The van der Waals surface area contributed by atoms with E-state index < -0.39 is 11.6 Å². The van der Waals surface area contributed by atoms with Gasteiger partial charge in [0.2, 0.25) is 0 Å². The second kappa shape index (κ2) is 29.2. The van der Waals surface area contributed by atoms with Gasteiger partial charge in [-0.1, -0.05) is 174 Å². The van der Waals surface area contributed by atoms with Gasteiger partial charge >= 0.3 is 6.18 Å². The third-order valence-electron chi connectivity index (χ3n) is 15.5. The summed E-state index contributed by atoms with van der Waals surface area (Å²) in [4.78, 5) is 0. The van der Waals surface area contributed by atoms with Crippen molar-refractivity contribution < 1.29 is 13.2 Å². The molecule has 0 aliphatic rings. The van der Waals surface area contributed by atoms with Crippen LogP contribution in [0.1, 0.15) is 211 Å². The highest BCUT2D eigenvalue weighted by molar-refractivity contribution is 5.41. The smallest absolute Gasteiger partial charge is 0.171 e. The first-order valence-corrected chi connectivity index (χ1v) is 28.0. The molecule has 0 saturated heterocycles. The summed E-state index contributed by atoms with van der Waals surface area (Å²) < 4.78 is 38.8. The van der Waals surface area contributed by atoms with E-state index >= 15 is 0 Å². The Hall–Kier alpha value is -4.89. The van der Waals surface area contributed by atoms with Crippen molar-refractivity contribution in [3.63, 3.8) is 0 Å². The predicted molar refractivity (Wildman–Crippen MR) is 333 cm³/mol. The predicted octanol–water partition coefficient (Wildman–Crippen LogP) is 22.4. The van der Waals surface area contributed by atoms with E-state index in [1.807, 2.05) is 19.1 Å². The van der Waals surface area contributed by atoms with Crippen LogP contribution in [0.15, 0.2) is 84.9 Å². The van der Waals surface area contributed by atoms with Crippen LogP contribution in [0.5, 0.6) is 0 Å². The van der Waals surface area contributed by atoms with Crippen molar-refractivity contribution in [1.82, 2.24) is 0 Å². The molecule has 0 bridgehead atoms.